The van der Waals surface area contributed by atoms with Crippen LogP contribution in [0.2, 0.25) is 0 Å². The molecular formula is C28H27N5O6. The van der Waals surface area contributed by atoms with Gasteiger partial charge in [-0.3, -0.25) is 9.59 Å². The minimum Gasteiger partial charge on any atom is -0.493 e. The van der Waals surface area contributed by atoms with Crippen LogP contribution in [-0.4, -0.2) is 47.4 Å². The van der Waals surface area contributed by atoms with Crippen LogP contribution in [0.1, 0.15) is 30.5 Å². The Morgan fingerprint density at radius 2 is 1.74 bits per heavy atom. The Hall–Kier alpha value is -4.93. The zero-order chi connectivity index (χ0) is 27.5. The number of rotatable bonds is 7. The summed E-state index contributed by atoms with van der Waals surface area (Å²) in [5, 5.41) is 14.9. The number of aryl methyl sites for hydroxylation is 1. The normalized spacial score (nSPS) is 13.9. The fourth-order valence-electron chi connectivity index (χ4n) is 4.86. The summed E-state index contributed by atoms with van der Waals surface area (Å²) in [5.74, 6) is 1.06. The monoisotopic (exact) mass is 529 g/mol. The van der Waals surface area contributed by atoms with Crippen LogP contribution in [-0.2, 0) is 11.2 Å². The van der Waals surface area contributed by atoms with Gasteiger partial charge in [-0.25, -0.2) is 0 Å². The summed E-state index contributed by atoms with van der Waals surface area (Å²) in [6, 6.07) is 15.8. The van der Waals surface area contributed by atoms with E-state index in [0.29, 0.717) is 41.2 Å². The van der Waals surface area contributed by atoms with Gasteiger partial charge in [0.1, 0.15) is 0 Å². The van der Waals surface area contributed by atoms with E-state index in [0.717, 1.165) is 16.8 Å². The van der Waals surface area contributed by atoms with Crippen molar-refractivity contribution < 1.29 is 23.7 Å². The summed E-state index contributed by atoms with van der Waals surface area (Å²) in [6.07, 6.45) is 1.08. The van der Waals surface area contributed by atoms with Crippen LogP contribution in [0.5, 0.6) is 29.0 Å². The van der Waals surface area contributed by atoms with Crippen LogP contribution in [0.25, 0.3) is 16.8 Å². The van der Waals surface area contributed by atoms with E-state index < -0.39 is 6.04 Å². The fourth-order valence-corrected chi connectivity index (χ4v) is 4.86. The van der Waals surface area contributed by atoms with Gasteiger partial charge in [-0.15, -0.1) is 0 Å². The predicted octanol–water partition coefficient (Wildman–Crippen LogP) is 3.63. The molecule has 0 bridgehead atoms. The third-order valence-corrected chi connectivity index (χ3v) is 6.52. The zero-order valence-electron chi connectivity index (χ0n) is 21.9. The van der Waals surface area contributed by atoms with Crippen molar-refractivity contribution in [1.29, 1.82) is 0 Å². The number of ether oxygens (including phenoxy) is 4. The Kier molecular flexibility index (Phi) is 7.13. The molecule has 11 heteroatoms. The molecule has 11 nitrogen and oxygen atoms in total. The minimum absolute atomic E-state index is 0.138. The summed E-state index contributed by atoms with van der Waals surface area (Å²) in [5.41, 5.74) is 3.38. The highest BCUT2D eigenvalue weighted by molar-refractivity contribution is 5.83. The van der Waals surface area contributed by atoms with Gasteiger partial charge in [0.15, 0.2) is 17.2 Å². The number of hydrogen-bond donors (Lipinski definition) is 1. The lowest BCUT2D eigenvalue weighted by Gasteiger charge is -2.20. The molecule has 0 unspecified atom stereocenters. The molecule has 0 aliphatic heterocycles. The number of nitrogens with one attached hydrogen (secondary N) is 1. The number of tetrazole rings is 1. The Balaban J connectivity index is 1.71. The van der Waals surface area contributed by atoms with Crippen molar-refractivity contribution in [2.45, 2.75) is 25.8 Å². The molecule has 1 aliphatic carbocycles. The molecule has 1 aliphatic rings. The molecule has 0 fully saturated rings. The molecule has 200 valence electrons. The second kappa shape index (κ2) is 10.8. The maximum absolute atomic E-state index is 12.9. The lowest BCUT2D eigenvalue weighted by Crippen LogP contribution is -2.26. The number of hydrogen-bond acceptors (Lipinski definition) is 9. The topological polar surface area (TPSA) is 127 Å². The lowest BCUT2D eigenvalue weighted by molar-refractivity contribution is -0.119. The number of carbonyl (C=O) groups is 1. The average molecular weight is 530 g/mol. The predicted molar refractivity (Wildman–Crippen MR) is 142 cm³/mol. The number of amides is 1. The van der Waals surface area contributed by atoms with Crippen molar-refractivity contribution in [3.63, 3.8) is 0 Å². The van der Waals surface area contributed by atoms with Crippen LogP contribution in [0.15, 0.2) is 59.4 Å². The number of fused-ring (bicyclic) bond motifs is 3. The molecule has 1 atom stereocenters. The SMILES string of the molecule is COc1c(Oc2nnnn2-c2ccccc2)cc2c(c1OC)-c1ccc(OC)c(=O)cc1[C@@H](NC(C)=O)CC2. The van der Waals surface area contributed by atoms with Crippen molar-refractivity contribution in [3.05, 3.63) is 75.9 Å². The largest absolute Gasteiger partial charge is 0.493 e. The molecule has 0 saturated carbocycles. The minimum atomic E-state index is -0.417. The number of carbonyl (C=O) groups excluding carboxylic acids is 1. The maximum Gasteiger partial charge on any atom is 0.346 e. The van der Waals surface area contributed by atoms with Crippen LogP contribution < -0.4 is 29.7 Å². The fraction of sp³-hybridized carbons (Fsp3) is 0.250. The van der Waals surface area contributed by atoms with Crippen molar-refractivity contribution in [2.24, 2.45) is 0 Å². The summed E-state index contributed by atoms with van der Waals surface area (Å²) in [4.78, 5) is 25.0. The highest BCUT2D eigenvalue weighted by Gasteiger charge is 2.30. The van der Waals surface area contributed by atoms with Gasteiger partial charge in [0, 0.05) is 12.5 Å². The summed E-state index contributed by atoms with van der Waals surface area (Å²) < 4.78 is 24.7. The van der Waals surface area contributed by atoms with Crippen molar-refractivity contribution in [2.75, 3.05) is 21.3 Å². The van der Waals surface area contributed by atoms with Crippen molar-refractivity contribution >= 4 is 5.91 Å². The lowest BCUT2D eigenvalue weighted by atomic mass is 9.95. The number of para-hydroxylation sites is 1. The van der Waals surface area contributed by atoms with E-state index in [4.69, 9.17) is 18.9 Å². The van der Waals surface area contributed by atoms with Gasteiger partial charge in [-0.2, -0.15) is 4.68 Å². The quantitative estimate of drug-likeness (QED) is 0.382. The Morgan fingerprint density at radius 1 is 0.974 bits per heavy atom. The van der Waals surface area contributed by atoms with Crippen LogP contribution in [0, 0.1) is 0 Å². The molecule has 39 heavy (non-hydrogen) atoms. The van der Waals surface area contributed by atoms with E-state index in [9.17, 15) is 9.59 Å². The van der Waals surface area contributed by atoms with Crippen molar-refractivity contribution in [1.82, 2.24) is 25.5 Å². The first-order chi connectivity index (χ1) is 18.9. The van der Waals surface area contributed by atoms with E-state index in [1.54, 1.807) is 12.1 Å². The molecule has 1 aromatic heterocycles. The number of aromatic nitrogens is 4. The third-order valence-electron chi connectivity index (χ3n) is 6.52. The molecule has 1 heterocycles. The number of nitrogens with zero attached hydrogens (tertiary/aromatic N) is 4. The maximum atomic E-state index is 12.9. The van der Waals surface area contributed by atoms with Gasteiger partial charge >= 0.3 is 6.01 Å². The third kappa shape index (κ3) is 4.86. The molecule has 3 aromatic carbocycles. The second-order valence-electron chi connectivity index (χ2n) is 8.86. The van der Waals surface area contributed by atoms with Crippen molar-refractivity contribution in [3.8, 4) is 45.8 Å². The standard InChI is InChI=1S/C28H27N5O6/c1-16(34)29-21-12-10-17-14-24(39-28-30-31-32-33(28)18-8-6-5-7-9-18)26(37-3)27(38-4)25(17)19-11-13-23(36-2)22(35)15-20(19)21/h5-9,11,13-15,21H,10,12H2,1-4H3,(H,29,34)/t21-/m0/s1. The molecule has 0 saturated heterocycles. The van der Waals surface area contributed by atoms with Gasteiger partial charge in [0.2, 0.25) is 17.1 Å². The van der Waals surface area contributed by atoms with Gasteiger partial charge < -0.3 is 24.3 Å². The van der Waals surface area contributed by atoms with Gasteiger partial charge in [-0.05, 0) is 70.3 Å². The van der Waals surface area contributed by atoms with Crippen LogP contribution >= 0.6 is 0 Å². The van der Waals surface area contributed by atoms with Crippen LogP contribution in [0.3, 0.4) is 0 Å². The first kappa shape index (κ1) is 25.7. The van der Waals surface area contributed by atoms with Gasteiger partial charge in [0.05, 0.1) is 33.1 Å². The molecule has 5 rings (SSSR count). The molecule has 0 spiro atoms. The highest BCUT2D eigenvalue weighted by Crippen LogP contribution is 2.51. The molecule has 1 N–H and O–H groups in total. The first-order valence-corrected chi connectivity index (χ1v) is 12.2. The van der Waals surface area contributed by atoms with Gasteiger partial charge in [-0.1, -0.05) is 29.4 Å². The summed E-state index contributed by atoms with van der Waals surface area (Å²) >= 11 is 0. The Morgan fingerprint density at radius 3 is 2.44 bits per heavy atom. The van der Waals surface area contributed by atoms with Crippen LogP contribution in [0.4, 0.5) is 0 Å². The highest BCUT2D eigenvalue weighted by atomic mass is 16.5. The smallest absolute Gasteiger partial charge is 0.346 e. The van der Waals surface area contributed by atoms with Gasteiger partial charge in [0.25, 0.3) is 0 Å². The Labute approximate surface area is 224 Å². The van der Waals surface area contributed by atoms with E-state index in [1.165, 1.54) is 39.0 Å². The Bertz CT molecular complexity index is 1590. The zero-order valence-corrected chi connectivity index (χ0v) is 21.9. The van der Waals surface area contributed by atoms with E-state index in [2.05, 4.69) is 20.8 Å². The second-order valence-corrected chi connectivity index (χ2v) is 8.86. The molecular weight excluding hydrogens is 502 g/mol. The summed E-state index contributed by atoms with van der Waals surface area (Å²) in [6.45, 7) is 1.45. The molecule has 0 radical (unpaired) electrons. The molecule has 1 amide bonds. The molecule has 4 aromatic rings. The number of benzene rings is 2. The summed E-state index contributed by atoms with van der Waals surface area (Å²) in [7, 11) is 4.49. The first-order valence-electron chi connectivity index (χ1n) is 12.2. The van der Waals surface area contributed by atoms with E-state index >= 15 is 0 Å². The number of methoxy groups -OCH3 is 3. The van der Waals surface area contributed by atoms with E-state index in [-0.39, 0.29) is 23.1 Å². The average Bonchev–Trinajstić information content (AvgIpc) is 3.27. The van der Waals surface area contributed by atoms with E-state index in [1.807, 2.05) is 36.4 Å².